The molecule has 3 N–H and O–H groups in total. The van der Waals surface area contributed by atoms with Gasteiger partial charge in [-0.2, -0.15) is 0 Å². The number of urea groups is 1. The number of nitrogens with zero attached hydrogens (tertiary/aromatic N) is 1. The molecule has 0 radical (unpaired) electrons. The number of carbonyl (C=O) groups excluding carboxylic acids is 1. The maximum absolute atomic E-state index is 12.2. The minimum absolute atomic E-state index is 0.0515. The lowest BCUT2D eigenvalue weighted by Gasteiger charge is -2.26. The van der Waals surface area contributed by atoms with Gasteiger partial charge in [-0.1, -0.05) is 6.42 Å². The molecule has 2 aliphatic carbocycles. The van der Waals surface area contributed by atoms with Gasteiger partial charge in [-0.25, -0.2) is 9.78 Å². The van der Waals surface area contributed by atoms with E-state index in [1.807, 2.05) is 12.3 Å². The van der Waals surface area contributed by atoms with Gasteiger partial charge in [0.2, 0.25) is 0 Å². The fourth-order valence-electron chi connectivity index (χ4n) is 3.20. The molecule has 1 heterocycles. The van der Waals surface area contributed by atoms with Gasteiger partial charge >= 0.3 is 6.03 Å². The van der Waals surface area contributed by atoms with Gasteiger partial charge in [0, 0.05) is 17.6 Å². The number of carbonyl (C=O) groups is 1. The Kier molecular flexibility index (Phi) is 4.98. The third kappa shape index (κ3) is 4.20. The smallest absolute Gasteiger partial charge is 0.315 e. The maximum Gasteiger partial charge on any atom is 0.315 e. The maximum atomic E-state index is 12.2. The summed E-state index contributed by atoms with van der Waals surface area (Å²) in [7, 11) is 0. The fourth-order valence-corrected chi connectivity index (χ4v) is 4.14. The summed E-state index contributed by atoms with van der Waals surface area (Å²) in [4.78, 5) is 16.7. The Morgan fingerprint density at radius 3 is 2.91 bits per heavy atom. The average molecular weight is 323 g/mol. The molecule has 22 heavy (non-hydrogen) atoms. The average Bonchev–Trinajstić information content (AvgIpc) is 3.24. The van der Waals surface area contributed by atoms with E-state index in [0.717, 1.165) is 36.4 Å². The van der Waals surface area contributed by atoms with Crippen molar-refractivity contribution < 1.29 is 9.90 Å². The zero-order chi connectivity index (χ0) is 15.5. The van der Waals surface area contributed by atoms with Gasteiger partial charge in [-0.05, 0) is 50.9 Å². The number of hydrogen-bond acceptors (Lipinski definition) is 4. The van der Waals surface area contributed by atoms with Crippen molar-refractivity contribution in [2.75, 3.05) is 6.54 Å². The van der Waals surface area contributed by atoms with Gasteiger partial charge in [-0.3, -0.25) is 0 Å². The van der Waals surface area contributed by atoms with Crippen LogP contribution in [0, 0.1) is 18.8 Å². The van der Waals surface area contributed by atoms with E-state index in [4.69, 9.17) is 0 Å². The van der Waals surface area contributed by atoms with E-state index in [1.54, 1.807) is 11.3 Å². The SMILES string of the molecule is Cc1csc(C(NC(=O)NCC2CCCC(O)C2)C2CC2)n1. The second-order valence-electron chi connectivity index (χ2n) is 6.68. The number of thiazole rings is 1. The Labute approximate surface area is 135 Å². The second-order valence-corrected chi connectivity index (χ2v) is 7.57. The molecule has 2 aliphatic rings. The number of hydrogen-bond donors (Lipinski definition) is 3. The number of rotatable bonds is 5. The molecule has 0 aliphatic heterocycles. The molecule has 2 saturated carbocycles. The first-order chi connectivity index (χ1) is 10.6. The number of aliphatic hydroxyl groups excluding tert-OH is 1. The number of aryl methyl sites for hydroxylation is 1. The van der Waals surface area contributed by atoms with Gasteiger partial charge < -0.3 is 15.7 Å². The van der Waals surface area contributed by atoms with Crippen LogP contribution in [0.2, 0.25) is 0 Å². The first-order valence-corrected chi connectivity index (χ1v) is 9.14. The number of aliphatic hydroxyl groups is 1. The highest BCUT2D eigenvalue weighted by Crippen LogP contribution is 2.41. The van der Waals surface area contributed by atoms with E-state index >= 15 is 0 Å². The highest BCUT2D eigenvalue weighted by Gasteiger charge is 2.35. The Morgan fingerprint density at radius 2 is 2.27 bits per heavy atom. The molecule has 6 heteroatoms. The summed E-state index contributed by atoms with van der Waals surface area (Å²) in [5.74, 6) is 0.934. The van der Waals surface area contributed by atoms with E-state index in [1.165, 1.54) is 12.8 Å². The standard InChI is InChI=1S/C16H25N3O2S/c1-10-9-22-15(18-10)14(12-5-6-12)19-16(21)17-8-11-3-2-4-13(20)7-11/h9,11-14,20H,2-8H2,1H3,(H2,17,19,21). The molecule has 0 bridgehead atoms. The minimum Gasteiger partial charge on any atom is -0.393 e. The molecule has 3 unspecified atom stereocenters. The van der Waals surface area contributed by atoms with Crippen LogP contribution in [0.4, 0.5) is 4.79 Å². The third-order valence-electron chi connectivity index (χ3n) is 4.59. The molecule has 0 spiro atoms. The van der Waals surface area contributed by atoms with Crippen molar-refractivity contribution in [1.82, 2.24) is 15.6 Å². The lowest BCUT2D eigenvalue weighted by Crippen LogP contribution is -2.41. The fraction of sp³-hybridized carbons (Fsp3) is 0.750. The van der Waals surface area contributed by atoms with E-state index in [9.17, 15) is 9.90 Å². The minimum atomic E-state index is -0.193. The number of nitrogens with one attached hydrogen (secondary N) is 2. The van der Waals surface area contributed by atoms with Crippen molar-refractivity contribution in [3.63, 3.8) is 0 Å². The summed E-state index contributed by atoms with van der Waals surface area (Å²) in [6.07, 6.45) is 5.99. The Bertz CT molecular complexity index is 515. The van der Waals surface area contributed by atoms with Gasteiger partial charge in [0.15, 0.2) is 0 Å². The van der Waals surface area contributed by atoms with E-state index in [-0.39, 0.29) is 18.2 Å². The normalized spacial score (nSPS) is 26.5. The Balaban J connectivity index is 1.49. The zero-order valence-electron chi connectivity index (χ0n) is 13.0. The molecule has 122 valence electrons. The quantitative estimate of drug-likeness (QED) is 0.780. The summed E-state index contributed by atoms with van der Waals surface area (Å²) in [5, 5.41) is 18.8. The van der Waals surface area contributed by atoms with Crippen LogP contribution in [-0.4, -0.2) is 28.8 Å². The summed E-state index contributed by atoms with van der Waals surface area (Å²) in [6, 6.07) is -0.0551. The van der Waals surface area contributed by atoms with Crippen molar-refractivity contribution in [3.05, 3.63) is 16.1 Å². The first-order valence-electron chi connectivity index (χ1n) is 8.26. The summed E-state index contributed by atoms with van der Waals surface area (Å²) < 4.78 is 0. The van der Waals surface area contributed by atoms with E-state index in [2.05, 4.69) is 15.6 Å². The highest BCUT2D eigenvalue weighted by molar-refractivity contribution is 7.09. The van der Waals surface area contributed by atoms with Crippen molar-refractivity contribution >= 4 is 17.4 Å². The van der Waals surface area contributed by atoms with Crippen LogP contribution in [0.15, 0.2) is 5.38 Å². The van der Waals surface area contributed by atoms with E-state index in [0.29, 0.717) is 18.4 Å². The lowest BCUT2D eigenvalue weighted by atomic mass is 9.87. The van der Waals surface area contributed by atoms with Crippen molar-refractivity contribution in [2.45, 2.75) is 57.6 Å². The van der Waals surface area contributed by atoms with Crippen LogP contribution in [0.25, 0.3) is 0 Å². The number of amides is 2. The topological polar surface area (TPSA) is 74.2 Å². The number of aromatic nitrogens is 1. The molecule has 2 fully saturated rings. The molecule has 2 amide bonds. The Morgan fingerprint density at radius 1 is 1.45 bits per heavy atom. The van der Waals surface area contributed by atoms with Gasteiger partial charge in [-0.15, -0.1) is 11.3 Å². The van der Waals surface area contributed by atoms with Crippen LogP contribution in [0.3, 0.4) is 0 Å². The second kappa shape index (κ2) is 6.96. The van der Waals surface area contributed by atoms with Crippen LogP contribution in [0.5, 0.6) is 0 Å². The summed E-state index contributed by atoms with van der Waals surface area (Å²) >= 11 is 1.63. The zero-order valence-corrected chi connectivity index (χ0v) is 13.9. The van der Waals surface area contributed by atoms with Gasteiger partial charge in [0.25, 0.3) is 0 Å². The molecule has 0 aromatic carbocycles. The molecular formula is C16H25N3O2S. The molecule has 3 rings (SSSR count). The molecule has 5 nitrogen and oxygen atoms in total. The molecule has 3 atom stereocenters. The van der Waals surface area contributed by atoms with Crippen LogP contribution < -0.4 is 10.6 Å². The van der Waals surface area contributed by atoms with Crippen LogP contribution in [0.1, 0.15) is 55.3 Å². The van der Waals surface area contributed by atoms with Crippen LogP contribution >= 0.6 is 11.3 Å². The largest absolute Gasteiger partial charge is 0.393 e. The van der Waals surface area contributed by atoms with E-state index < -0.39 is 0 Å². The molecular weight excluding hydrogens is 298 g/mol. The predicted octanol–water partition coefficient (Wildman–Crippen LogP) is 2.75. The third-order valence-corrected chi connectivity index (χ3v) is 5.63. The first kappa shape index (κ1) is 15.7. The molecule has 0 saturated heterocycles. The van der Waals surface area contributed by atoms with Crippen molar-refractivity contribution in [2.24, 2.45) is 11.8 Å². The van der Waals surface area contributed by atoms with Crippen LogP contribution in [-0.2, 0) is 0 Å². The Hall–Kier alpha value is -1.14. The summed E-state index contributed by atoms with van der Waals surface area (Å²) in [6.45, 7) is 2.63. The highest BCUT2D eigenvalue weighted by atomic mass is 32.1. The summed E-state index contributed by atoms with van der Waals surface area (Å²) in [5.41, 5.74) is 1.02. The van der Waals surface area contributed by atoms with Gasteiger partial charge in [0.1, 0.15) is 5.01 Å². The predicted molar refractivity (Wildman–Crippen MR) is 86.8 cm³/mol. The molecule has 1 aromatic rings. The monoisotopic (exact) mass is 323 g/mol. The lowest BCUT2D eigenvalue weighted by molar-refractivity contribution is 0.101. The van der Waals surface area contributed by atoms with Crippen molar-refractivity contribution in [1.29, 1.82) is 0 Å². The molecule has 1 aromatic heterocycles. The van der Waals surface area contributed by atoms with Gasteiger partial charge in [0.05, 0.1) is 12.1 Å². The van der Waals surface area contributed by atoms with Crippen molar-refractivity contribution in [3.8, 4) is 0 Å².